The molecule has 0 bridgehead atoms. The number of hydrogen-bond acceptors (Lipinski definition) is 4. The minimum atomic E-state index is -0.470. The van der Waals surface area contributed by atoms with Crippen LogP contribution >= 0.6 is 12.6 Å². The van der Waals surface area contributed by atoms with Gasteiger partial charge in [-0.3, -0.25) is 9.59 Å². The van der Waals surface area contributed by atoms with Crippen molar-refractivity contribution in [1.82, 2.24) is 9.88 Å². The van der Waals surface area contributed by atoms with Gasteiger partial charge in [-0.05, 0) is 11.8 Å². The van der Waals surface area contributed by atoms with E-state index in [1.54, 1.807) is 6.07 Å². The summed E-state index contributed by atoms with van der Waals surface area (Å²) in [4.78, 5) is 22.8. The van der Waals surface area contributed by atoms with Crippen LogP contribution < -0.4 is 11.1 Å². The van der Waals surface area contributed by atoms with Gasteiger partial charge in [-0.2, -0.15) is 12.6 Å². The third-order valence-corrected chi connectivity index (χ3v) is 3.29. The number of aromatic nitrogens is 1. The molecule has 19 heavy (non-hydrogen) atoms. The van der Waals surface area contributed by atoms with Gasteiger partial charge in [0.15, 0.2) is 0 Å². The molecule has 0 unspecified atom stereocenters. The van der Waals surface area contributed by atoms with Crippen LogP contribution in [0, 0.1) is 0 Å². The first-order valence-corrected chi connectivity index (χ1v) is 6.73. The molecule has 0 fully saturated rings. The molecule has 1 aromatic rings. The average molecular weight is 283 g/mol. The lowest BCUT2D eigenvalue weighted by Gasteiger charge is -2.19. The topological polar surface area (TPSA) is 86.4 Å². The number of ether oxygens (including phenoxy) is 1. The Kier molecular flexibility index (Phi) is 4.49. The maximum Gasteiger partial charge on any atom is 0.250 e. The molecule has 0 spiro atoms. The summed E-state index contributed by atoms with van der Waals surface area (Å²) < 4.78 is 7.33. The summed E-state index contributed by atoms with van der Waals surface area (Å²) in [5, 5.41) is 2.80. The molecule has 3 N–H and O–H groups in total. The van der Waals surface area contributed by atoms with Crippen LogP contribution in [0.15, 0.2) is 6.07 Å². The Morgan fingerprint density at radius 3 is 3.00 bits per heavy atom. The number of carbonyl (C=O) groups is 2. The zero-order valence-electron chi connectivity index (χ0n) is 10.5. The van der Waals surface area contributed by atoms with Crippen molar-refractivity contribution in [1.29, 1.82) is 0 Å². The van der Waals surface area contributed by atoms with Gasteiger partial charge in [0.1, 0.15) is 0 Å². The molecule has 1 aliphatic heterocycles. The minimum Gasteiger partial charge on any atom is -0.373 e. The van der Waals surface area contributed by atoms with E-state index in [2.05, 4.69) is 17.9 Å². The van der Waals surface area contributed by atoms with Crippen LogP contribution in [-0.4, -0.2) is 28.7 Å². The second-order valence-electron chi connectivity index (χ2n) is 4.31. The normalized spacial score (nSPS) is 13.9. The summed E-state index contributed by atoms with van der Waals surface area (Å²) in [6.45, 7) is 2.02. The summed E-state index contributed by atoms with van der Waals surface area (Å²) in [6.07, 6.45) is 0.377. The maximum absolute atomic E-state index is 11.4. The van der Waals surface area contributed by atoms with Crippen molar-refractivity contribution in [2.24, 2.45) is 5.73 Å². The number of nitrogens with one attached hydrogen (secondary N) is 1. The molecule has 0 radical (unpaired) electrons. The molecule has 1 aromatic heterocycles. The monoisotopic (exact) mass is 283 g/mol. The van der Waals surface area contributed by atoms with Crippen LogP contribution in [0.4, 0.5) is 0 Å². The highest BCUT2D eigenvalue weighted by atomic mass is 32.1. The summed E-state index contributed by atoms with van der Waals surface area (Å²) in [6, 6.07) is 1.73. The number of nitrogens with zero attached hydrogens (tertiary/aromatic N) is 1. The van der Waals surface area contributed by atoms with Gasteiger partial charge < -0.3 is 20.4 Å². The number of primary amides is 1. The van der Waals surface area contributed by atoms with Crippen LogP contribution in [-0.2, 0) is 29.2 Å². The lowest BCUT2D eigenvalue weighted by Crippen LogP contribution is -2.26. The fourth-order valence-corrected chi connectivity index (χ4v) is 2.35. The highest BCUT2D eigenvalue weighted by molar-refractivity contribution is 7.80. The Bertz CT molecular complexity index is 499. The van der Waals surface area contributed by atoms with Crippen LogP contribution in [0.5, 0.6) is 0 Å². The number of fused-ring (bicyclic) bond motifs is 1. The molecule has 7 heteroatoms. The predicted molar refractivity (Wildman–Crippen MR) is 72.9 cm³/mol. The van der Waals surface area contributed by atoms with Crippen molar-refractivity contribution >= 4 is 24.4 Å². The third kappa shape index (κ3) is 3.10. The summed E-state index contributed by atoms with van der Waals surface area (Å²) in [7, 11) is 0. The van der Waals surface area contributed by atoms with E-state index in [0.717, 1.165) is 11.4 Å². The van der Waals surface area contributed by atoms with E-state index in [-0.39, 0.29) is 5.91 Å². The van der Waals surface area contributed by atoms with Crippen molar-refractivity contribution in [3.05, 3.63) is 23.0 Å². The van der Waals surface area contributed by atoms with E-state index >= 15 is 0 Å². The minimum absolute atomic E-state index is 0.0572. The van der Waals surface area contributed by atoms with Gasteiger partial charge in [-0.1, -0.05) is 0 Å². The zero-order chi connectivity index (χ0) is 13.8. The molecule has 0 aromatic carbocycles. The van der Waals surface area contributed by atoms with Gasteiger partial charge in [-0.25, -0.2) is 0 Å². The summed E-state index contributed by atoms with van der Waals surface area (Å²) >= 11 is 4.01. The SMILES string of the molecule is NC(=O)c1cc(CNC(=O)CCS)n2c1COCC2. The molecule has 2 heterocycles. The smallest absolute Gasteiger partial charge is 0.250 e. The van der Waals surface area contributed by atoms with Gasteiger partial charge in [-0.15, -0.1) is 0 Å². The number of amides is 2. The molecule has 2 amide bonds. The predicted octanol–water partition coefficient (Wildman–Crippen LogP) is 0.0533. The number of carbonyl (C=O) groups excluding carboxylic acids is 2. The van der Waals surface area contributed by atoms with E-state index in [1.165, 1.54) is 0 Å². The fourth-order valence-electron chi connectivity index (χ4n) is 2.14. The fraction of sp³-hybridized carbons (Fsp3) is 0.500. The molecule has 104 valence electrons. The van der Waals surface area contributed by atoms with Crippen molar-refractivity contribution in [2.45, 2.75) is 26.1 Å². The maximum atomic E-state index is 11.4. The molecular formula is C12H17N3O3S. The molecular weight excluding hydrogens is 266 g/mol. The molecule has 0 saturated carbocycles. The number of rotatable bonds is 5. The number of nitrogens with two attached hydrogens (primary N) is 1. The van der Waals surface area contributed by atoms with Crippen LogP contribution in [0.1, 0.15) is 28.2 Å². The van der Waals surface area contributed by atoms with Gasteiger partial charge in [0.25, 0.3) is 5.91 Å². The molecule has 1 aliphatic rings. The highest BCUT2D eigenvalue weighted by Crippen LogP contribution is 2.20. The first-order chi connectivity index (χ1) is 9.13. The van der Waals surface area contributed by atoms with Crippen LogP contribution in [0.2, 0.25) is 0 Å². The van der Waals surface area contributed by atoms with Crippen molar-refractivity contribution in [3.63, 3.8) is 0 Å². The Morgan fingerprint density at radius 2 is 2.32 bits per heavy atom. The number of thiol groups is 1. The standard InChI is InChI=1S/C12H17N3O3S/c13-12(17)9-5-8(6-14-11(16)1-4-19)15-2-3-18-7-10(9)15/h5,19H,1-4,6-7H2,(H2,13,17)(H,14,16). The Balaban J connectivity index is 2.16. The molecule has 0 atom stereocenters. The van der Waals surface area contributed by atoms with E-state index in [4.69, 9.17) is 10.5 Å². The lowest BCUT2D eigenvalue weighted by atomic mass is 10.2. The van der Waals surface area contributed by atoms with E-state index in [0.29, 0.717) is 44.0 Å². The van der Waals surface area contributed by atoms with E-state index in [9.17, 15) is 9.59 Å². The summed E-state index contributed by atoms with van der Waals surface area (Å²) in [5.74, 6) is -0.0150. The second kappa shape index (κ2) is 6.12. The Labute approximate surface area is 116 Å². The summed E-state index contributed by atoms with van der Waals surface area (Å²) in [5.41, 5.74) is 7.48. The van der Waals surface area contributed by atoms with Crippen molar-refractivity contribution in [3.8, 4) is 0 Å². The van der Waals surface area contributed by atoms with Crippen molar-refractivity contribution < 1.29 is 14.3 Å². The zero-order valence-corrected chi connectivity index (χ0v) is 11.4. The highest BCUT2D eigenvalue weighted by Gasteiger charge is 2.21. The number of hydrogen-bond donors (Lipinski definition) is 3. The molecule has 2 rings (SSSR count). The van der Waals surface area contributed by atoms with Gasteiger partial charge in [0, 0.05) is 18.7 Å². The van der Waals surface area contributed by atoms with Gasteiger partial charge in [0.05, 0.1) is 31.0 Å². The van der Waals surface area contributed by atoms with E-state index in [1.807, 2.05) is 4.57 Å². The first-order valence-electron chi connectivity index (χ1n) is 6.10. The quantitative estimate of drug-likeness (QED) is 0.668. The van der Waals surface area contributed by atoms with Crippen LogP contribution in [0.3, 0.4) is 0 Å². The van der Waals surface area contributed by atoms with Gasteiger partial charge >= 0.3 is 0 Å². The third-order valence-electron chi connectivity index (χ3n) is 3.06. The largest absolute Gasteiger partial charge is 0.373 e. The Hall–Kier alpha value is -1.47. The van der Waals surface area contributed by atoms with Crippen LogP contribution in [0.25, 0.3) is 0 Å². The average Bonchev–Trinajstić information content (AvgIpc) is 2.76. The molecule has 6 nitrogen and oxygen atoms in total. The van der Waals surface area contributed by atoms with E-state index < -0.39 is 5.91 Å². The Morgan fingerprint density at radius 1 is 1.53 bits per heavy atom. The van der Waals surface area contributed by atoms with Gasteiger partial charge in [0.2, 0.25) is 5.91 Å². The lowest BCUT2D eigenvalue weighted by molar-refractivity contribution is -0.120. The van der Waals surface area contributed by atoms with Crippen molar-refractivity contribution in [2.75, 3.05) is 12.4 Å². The molecule has 0 aliphatic carbocycles. The first kappa shape index (κ1) is 14.0. The molecule has 0 saturated heterocycles. The second-order valence-corrected chi connectivity index (χ2v) is 4.76.